The van der Waals surface area contributed by atoms with Crippen LogP contribution in [0.5, 0.6) is 0 Å². The van der Waals surface area contributed by atoms with E-state index in [0.717, 1.165) is 23.6 Å². The van der Waals surface area contributed by atoms with Crippen molar-refractivity contribution in [3.8, 4) is 0 Å². The van der Waals surface area contributed by atoms with Crippen molar-refractivity contribution in [2.45, 2.75) is 51.4 Å². The van der Waals surface area contributed by atoms with Crippen molar-refractivity contribution in [2.75, 3.05) is 12.0 Å². The van der Waals surface area contributed by atoms with Crippen molar-refractivity contribution in [2.24, 2.45) is 0 Å². The number of nitrogens with two attached hydrogens (primary N) is 1. The standard InChI is InChI=1S/C25H29NS/c1-16-13-21-14-17(2)24(22(21)15-23(16)26)25(27-3)20-11-9-19(10-12-20)18-7-5-4-6-8-18/h9-13,15,18H,2,4-8,14,26H2,1,3H3. The third-order valence-corrected chi connectivity index (χ3v) is 7.05. The second kappa shape index (κ2) is 7.59. The Kier molecular flexibility index (Phi) is 5.19. The summed E-state index contributed by atoms with van der Waals surface area (Å²) in [4.78, 5) is 1.32. The molecule has 0 bridgehead atoms. The fourth-order valence-corrected chi connectivity index (χ4v) is 5.49. The number of anilines is 1. The lowest BCUT2D eigenvalue weighted by atomic mass is 9.84. The second-order valence-electron chi connectivity index (χ2n) is 8.01. The molecule has 2 aliphatic carbocycles. The molecular formula is C25H29NS. The number of thioether (sulfide) groups is 1. The molecule has 0 radical (unpaired) electrons. The molecule has 0 atom stereocenters. The summed E-state index contributed by atoms with van der Waals surface area (Å²) in [7, 11) is 0. The maximum Gasteiger partial charge on any atom is 0.0350 e. The summed E-state index contributed by atoms with van der Waals surface area (Å²) in [5.74, 6) is 0.753. The molecule has 0 heterocycles. The third kappa shape index (κ3) is 3.48. The quantitative estimate of drug-likeness (QED) is 0.586. The normalized spacial score (nSPS) is 19.3. The van der Waals surface area contributed by atoms with Gasteiger partial charge in [-0.05, 0) is 83.4 Å². The van der Waals surface area contributed by atoms with Gasteiger partial charge in [0.15, 0.2) is 0 Å². The van der Waals surface area contributed by atoms with E-state index in [4.69, 9.17) is 5.73 Å². The van der Waals surface area contributed by atoms with E-state index in [9.17, 15) is 0 Å². The largest absolute Gasteiger partial charge is 0.398 e. The number of benzene rings is 2. The van der Waals surface area contributed by atoms with Crippen LogP contribution in [0.15, 0.2) is 48.6 Å². The molecule has 1 fully saturated rings. The van der Waals surface area contributed by atoms with Gasteiger partial charge in [-0.3, -0.25) is 0 Å². The van der Waals surface area contributed by atoms with Crippen LogP contribution >= 0.6 is 11.8 Å². The molecule has 0 aliphatic heterocycles. The van der Waals surface area contributed by atoms with Crippen LogP contribution in [0.2, 0.25) is 0 Å². The van der Waals surface area contributed by atoms with Crippen LogP contribution < -0.4 is 5.73 Å². The Bertz CT molecular complexity index is 899. The van der Waals surface area contributed by atoms with Gasteiger partial charge in [0.05, 0.1) is 0 Å². The van der Waals surface area contributed by atoms with Crippen LogP contribution in [0.3, 0.4) is 0 Å². The van der Waals surface area contributed by atoms with Crippen molar-refractivity contribution in [1.29, 1.82) is 0 Å². The van der Waals surface area contributed by atoms with Gasteiger partial charge in [0.25, 0.3) is 0 Å². The number of nitrogen functional groups attached to an aromatic ring is 1. The third-order valence-electron chi connectivity index (χ3n) is 6.20. The van der Waals surface area contributed by atoms with Gasteiger partial charge >= 0.3 is 0 Å². The summed E-state index contributed by atoms with van der Waals surface area (Å²) in [5, 5.41) is 0. The minimum Gasteiger partial charge on any atom is -0.398 e. The zero-order chi connectivity index (χ0) is 19.0. The predicted molar refractivity (Wildman–Crippen MR) is 121 cm³/mol. The Labute approximate surface area is 167 Å². The Morgan fingerprint density at radius 3 is 2.44 bits per heavy atom. The summed E-state index contributed by atoms with van der Waals surface area (Å²) in [6.07, 6.45) is 9.95. The van der Waals surface area contributed by atoms with Gasteiger partial charge in [-0.15, -0.1) is 11.8 Å². The summed E-state index contributed by atoms with van der Waals surface area (Å²) >= 11 is 1.82. The van der Waals surface area contributed by atoms with Crippen LogP contribution in [0.4, 0.5) is 5.69 Å². The summed E-state index contributed by atoms with van der Waals surface area (Å²) < 4.78 is 0. The Morgan fingerprint density at radius 2 is 1.78 bits per heavy atom. The molecular weight excluding hydrogens is 346 g/mol. The molecule has 140 valence electrons. The molecule has 2 aromatic carbocycles. The minimum atomic E-state index is 0.753. The van der Waals surface area contributed by atoms with Crippen molar-refractivity contribution in [1.82, 2.24) is 0 Å². The molecule has 27 heavy (non-hydrogen) atoms. The van der Waals surface area contributed by atoms with Gasteiger partial charge in [-0.2, -0.15) is 0 Å². The van der Waals surface area contributed by atoms with E-state index in [-0.39, 0.29) is 0 Å². The zero-order valence-corrected chi connectivity index (χ0v) is 17.3. The monoisotopic (exact) mass is 375 g/mol. The molecule has 1 saturated carbocycles. The fourth-order valence-electron chi connectivity index (χ4n) is 4.66. The Balaban J connectivity index is 1.74. The van der Waals surface area contributed by atoms with Gasteiger partial charge in [0.1, 0.15) is 0 Å². The van der Waals surface area contributed by atoms with Crippen molar-refractivity contribution in [3.63, 3.8) is 0 Å². The molecule has 2 N–H and O–H groups in total. The van der Waals surface area contributed by atoms with E-state index >= 15 is 0 Å². The average molecular weight is 376 g/mol. The molecule has 0 aromatic heterocycles. The highest BCUT2D eigenvalue weighted by Crippen LogP contribution is 2.45. The topological polar surface area (TPSA) is 26.0 Å². The number of allylic oxidation sites excluding steroid dienone is 2. The SMILES string of the molecule is C=C1Cc2cc(C)c(N)cc2C1=C(SC)c1ccc(C2CCCCC2)cc1. The first kappa shape index (κ1) is 18.4. The number of fused-ring (bicyclic) bond motifs is 1. The highest BCUT2D eigenvalue weighted by Gasteiger charge is 2.25. The lowest BCUT2D eigenvalue weighted by Crippen LogP contribution is -2.04. The number of rotatable bonds is 3. The highest BCUT2D eigenvalue weighted by atomic mass is 32.2. The maximum atomic E-state index is 6.22. The summed E-state index contributed by atoms with van der Waals surface area (Å²) in [6.45, 7) is 6.47. The van der Waals surface area contributed by atoms with Crippen molar-refractivity contribution < 1.29 is 0 Å². The van der Waals surface area contributed by atoms with E-state index in [1.807, 2.05) is 11.8 Å². The summed E-state index contributed by atoms with van der Waals surface area (Å²) in [6, 6.07) is 13.7. The van der Waals surface area contributed by atoms with Gasteiger partial charge in [-0.1, -0.05) is 56.2 Å². The number of hydrogen-bond acceptors (Lipinski definition) is 2. The van der Waals surface area contributed by atoms with Crippen LogP contribution in [0.1, 0.15) is 65.8 Å². The lowest BCUT2D eigenvalue weighted by Gasteiger charge is -2.22. The molecule has 2 heteroatoms. The first-order valence-corrected chi connectivity index (χ1v) is 11.3. The van der Waals surface area contributed by atoms with Crippen LogP contribution in [0.25, 0.3) is 10.5 Å². The highest BCUT2D eigenvalue weighted by molar-refractivity contribution is 8.08. The summed E-state index contributed by atoms with van der Waals surface area (Å²) in [5.41, 5.74) is 16.2. The molecule has 2 aromatic rings. The predicted octanol–water partition coefficient (Wildman–Crippen LogP) is 6.97. The number of hydrogen-bond donors (Lipinski definition) is 1. The first-order valence-electron chi connectivity index (χ1n) is 10.0. The lowest BCUT2D eigenvalue weighted by molar-refractivity contribution is 0.443. The van der Waals surface area contributed by atoms with E-state index in [0.29, 0.717) is 0 Å². The van der Waals surface area contributed by atoms with Crippen LogP contribution in [-0.2, 0) is 6.42 Å². The van der Waals surface area contributed by atoms with Gasteiger partial charge in [0, 0.05) is 10.6 Å². The fraction of sp³-hybridized carbons (Fsp3) is 0.360. The molecule has 1 nitrogen and oxygen atoms in total. The molecule has 0 spiro atoms. The van der Waals surface area contributed by atoms with Crippen LogP contribution in [0, 0.1) is 6.92 Å². The second-order valence-corrected chi connectivity index (χ2v) is 8.83. The smallest absolute Gasteiger partial charge is 0.0350 e. The Morgan fingerprint density at radius 1 is 1.07 bits per heavy atom. The van der Waals surface area contributed by atoms with Crippen molar-refractivity contribution >= 4 is 27.9 Å². The van der Waals surface area contributed by atoms with E-state index in [2.05, 4.69) is 56.2 Å². The van der Waals surface area contributed by atoms with E-state index < -0.39 is 0 Å². The van der Waals surface area contributed by atoms with Gasteiger partial charge < -0.3 is 5.73 Å². The maximum absolute atomic E-state index is 6.22. The Hall–Kier alpha value is -1.93. The van der Waals surface area contributed by atoms with Gasteiger partial charge in [0.2, 0.25) is 0 Å². The average Bonchev–Trinajstić information content (AvgIpc) is 2.99. The molecule has 2 aliphatic rings. The van der Waals surface area contributed by atoms with Crippen LogP contribution in [-0.4, -0.2) is 6.26 Å². The van der Waals surface area contributed by atoms with E-state index in [1.54, 1.807) is 0 Å². The molecule has 0 saturated heterocycles. The van der Waals surface area contributed by atoms with Gasteiger partial charge in [-0.25, -0.2) is 0 Å². The molecule has 0 amide bonds. The zero-order valence-electron chi connectivity index (χ0n) is 16.5. The first-order chi connectivity index (χ1) is 13.1. The molecule has 4 rings (SSSR count). The van der Waals surface area contributed by atoms with E-state index in [1.165, 1.54) is 70.4 Å². The molecule has 0 unspecified atom stereocenters. The van der Waals surface area contributed by atoms with Crippen molar-refractivity contribution in [3.05, 3.63) is 76.4 Å². The number of aryl methyl sites for hydroxylation is 1. The minimum absolute atomic E-state index is 0.753.